The molecule has 2 atom stereocenters. The van der Waals surface area contributed by atoms with Crippen molar-refractivity contribution in [2.75, 3.05) is 19.8 Å². The smallest absolute Gasteiger partial charge is 0.348 e. The largest absolute Gasteiger partial charge is 0.475 e. The SMILES string of the molecule is C=C[C@H](OP(=O)(OCC)OCC)[C@H]1COC(C)(C)O1. The third kappa shape index (κ3) is 4.99. The van der Waals surface area contributed by atoms with E-state index in [9.17, 15) is 4.57 Å². The number of phosphoric acid groups is 1. The molecule has 0 aromatic rings. The summed E-state index contributed by atoms with van der Waals surface area (Å²) >= 11 is 0. The molecule has 19 heavy (non-hydrogen) atoms. The first-order chi connectivity index (χ1) is 8.86. The Balaban J connectivity index is 2.70. The fourth-order valence-electron chi connectivity index (χ4n) is 1.70. The second kappa shape index (κ2) is 6.97. The van der Waals surface area contributed by atoms with E-state index in [0.29, 0.717) is 6.61 Å². The van der Waals surface area contributed by atoms with E-state index in [-0.39, 0.29) is 19.3 Å². The molecule has 0 N–H and O–H groups in total. The highest BCUT2D eigenvalue weighted by Crippen LogP contribution is 2.51. The Hall–Kier alpha value is -0.230. The van der Waals surface area contributed by atoms with E-state index < -0.39 is 19.7 Å². The average molecular weight is 294 g/mol. The van der Waals surface area contributed by atoms with E-state index >= 15 is 0 Å². The summed E-state index contributed by atoms with van der Waals surface area (Å²) in [6, 6.07) is 0. The van der Waals surface area contributed by atoms with Gasteiger partial charge in [-0.15, -0.1) is 6.58 Å². The second-order valence-corrected chi connectivity index (χ2v) is 6.08. The molecule has 0 aromatic carbocycles. The fraction of sp³-hybridized carbons (Fsp3) is 0.833. The zero-order chi connectivity index (χ0) is 14.5. The van der Waals surface area contributed by atoms with Gasteiger partial charge in [-0.1, -0.05) is 6.08 Å². The van der Waals surface area contributed by atoms with Crippen LogP contribution in [0.1, 0.15) is 27.7 Å². The van der Waals surface area contributed by atoms with Crippen LogP contribution in [-0.2, 0) is 27.6 Å². The Labute approximate surface area is 114 Å². The number of ether oxygens (including phenoxy) is 2. The van der Waals surface area contributed by atoms with Gasteiger partial charge in [0.2, 0.25) is 0 Å². The monoisotopic (exact) mass is 294 g/mol. The number of hydrogen-bond donors (Lipinski definition) is 0. The molecule has 1 heterocycles. The molecule has 1 saturated heterocycles. The Morgan fingerprint density at radius 3 is 2.37 bits per heavy atom. The topological polar surface area (TPSA) is 63.2 Å². The zero-order valence-corrected chi connectivity index (χ0v) is 12.9. The van der Waals surface area contributed by atoms with E-state index in [1.807, 2.05) is 0 Å². The van der Waals surface area contributed by atoms with Crippen LogP contribution in [-0.4, -0.2) is 37.8 Å². The van der Waals surface area contributed by atoms with Crippen molar-refractivity contribution in [1.82, 2.24) is 0 Å². The molecule has 112 valence electrons. The molecule has 0 aliphatic carbocycles. The molecular weight excluding hydrogens is 271 g/mol. The summed E-state index contributed by atoms with van der Waals surface area (Å²) in [7, 11) is -3.59. The maximum Gasteiger partial charge on any atom is 0.475 e. The third-order valence-electron chi connectivity index (χ3n) is 2.45. The molecule has 0 amide bonds. The summed E-state index contributed by atoms with van der Waals surface area (Å²) in [5, 5.41) is 0. The van der Waals surface area contributed by atoms with Crippen molar-refractivity contribution < 1.29 is 27.6 Å². The van der Waals surface area contributed by atoms with Gasteiger partial charge in [-0.2, -0.15) is 0 Å². The van der Waals surface area contributed by atoms with Crippen molar-refractivity contribution in [3.8, 4) is 0 Å². The molecule has 0 saturated carbocycles. The van der Waals surface area contributed by atoms with Crippen molar-refractivity contribution in [3.63, 3.8) is 0 Å². The maximum absolute atomic E-state index is 12.3. The van der Waals surface area contributed by atoms with Crippen molar-refractivity contribution in [3.05, 3.63) is 12.7 Å². The van der Waals surface area contributed by atoms with Crippen LogP contribution in [0.2, 0.25) is 0 Å². The Morgan fingerprint density at radius 1 is 1.42 bits per heavy atom. The molecule has 0 bridgehead atoms. The summed E-state index contributed by atoms with van der Waals surface area (Å²) in [4.78, 5) is 0. The fourth-order valence-corrected chi connectivity index (χ4v) is 3.05. The van der Waals surface area contributed by atoms with Gasteiger partial charge in [0.15, 0.2) is 5.79 Å². The van der Waals surface area contributed by atoms with Gasteiger partial charge in [-0.25, -0.2) is 4.57 Å². The molecule has 0 aromatic heterocycles. The van der Waals surface area contributed by atoms with Crippen LogP contribution in [0.4, 0.5) is 0 Å². The maximum atomic E-state index is 12.3. The highest BCUT2D eigenvalue weighted by atomic mass is 31.2. The Kier molecular flexibility index (Phi) is 6.17. The van der Waals surface area contributed by atoms with E-state index in [1.165, 1.54) is 6.08 Å². The molecule has 1 aliphatic rings. The summed E-state index contributed by atoms with van der Waals surface area (Å²) < 4.78 is 39.0. The van der Waals surface area contributed by atoms with Crippen LogP contribution in [0.25, 0.3) is 0 Å². The summed E-state index contributed by atoms with van der Waals surface area (Å²) in [6.07, 6.45) is 0.507. The molecule has 1 aliphatic heterocycles. The first-order valence-electron chi connectivity index (χ1n) is 6.37. The van der Waals surface area contributed by atoms with Crippen LogP contribution >= 0.6 is 7.82 Å². The quantitative estimate of drug-likeness (QED) is 0.506. The number of hydrogen-bond acceptors (Lipinski definition) is 6. The van der Waals surface area contributed by atoms with E-state index in [0.717, 1.165) is 0 Å². The van der Waals surface area contributed by atoms with Gasteiger partial charge < -0.3 is 9.47 Å². The zero-order valence-electron chi connectivity index (χ0n) is 12.0. The molecule has 0 spiro atoms. The van der Waals surface area contributed by atoms with Crippen LogP contribution in [0.3, 0.4) is 0 Å². The average Bonchev–Trinajstić information content (AvgIpc) is 2.67. The highest BCUT2D eigenvalue weighted by molar-refractivity contribution is 7.48. The van der Waals surface area contributed by atoms with Gasteiger partial charge in [0.1, 0.15) is 12.2 Å². The molecule has 0 unspecified atom stereocenters. The Bertz CT molecular complexity index is 333. The lowest BCUT2D eigenvalue weighted by molar-refractivity contribution is -0.147. The van der Waals surface area contributed by atoms with Gasteiger partial charge in [-0.05, 0) is 27.7 Å². The van der Waals surface area contributed by atoms with Gasteiger partial charge in [0.25, 0.3) is 0 Å². The first-order valence-corrected chi connectivity index (χ1v) is 7.83. The first kappa shape index (κ1) is 16.8. The van der Waals surface area contributed by atoms with Crippen molar-refractivity contribution in [2.24, 2.45) is 0 Å². The van der Waals surface area contributed by atoms with Crippen molar-refractivity contribution >= 4 is 7.82 Å². The molecular formula is C12H23O6P. The molecule has 1 rings (SSSR count). The van der Waals surface area contributed by atoms with E-state index in [2.05, 4.69) is 6.58 Å². The summed E-state index contributed by atoms with van der Waals surface area (Å²) in [5.41, 5.74) is 0. The van der Waals surface area contributed by atoms with Crippen LogP contribution < -0.4 is 0 Å². The van der Waals surface area contributed by atoms with E-state index in [4.69, 9.17) is 23.0 Å². The summed E-state index contributed by atoms with van der Waals surface area (Å²) in [5.74, 6) is -0.684. The lowest BCUT2D eigenvalue weighted by Crippen LogP contribution is -2.31. The minimum Gasteiger partial charge on any atom is -0.348 e. The Morgan fingerprint density at radius 2 is 2.00 bits per heavy atom. The standard InChI is InChI=1S/C12H23O6P/c1-6-10(11-9-14-12(4,5)17-11)18-19(13,15-7-2)16-8-3/h6,10-11H,1,7-9H2,2-5H3/t10-,11+/m0/s1. The van der Waals surface area contributed by atoms with Crippen LogP contribution in [0, 0.1) is 0 Å². The van der Waals surface area contributed by atoms with Gasteiger partial charge in [0.05, 0.1) is 19.8 Å². The molecule has 6 nitrogen and oxygen atoms in total. The van der Waals surface area contributed by atoms with Crippen molar-refractivity contribution in [2.45, 2.75) is 45.7 Å². The minimum atomic E-state index is -3.59. The lowest BCUT2D eigenvalue weighted by atomic mass is 10.2. The van der Waals surface area contributed by atoms with E-state index in [1.54, 1.807) is 27.7 Å². The van der Waals surface area contributed by atoms with Crippen LogP contribution in [0.15, 0.2) is 12.7 Å². The minimum absolute atomic E-state index is 0.231. The second-order valence-electron chi connectivity index (χ2n) is 4.46. The third-order valence-corrected chi connectivity index (χ3v) is 4.10. The number of rotatable bonds is 8. The predicted octanol–water partition coefficient (Wildman–Crippen LogP) is 2.89. The number of phosphoric ester groups is 1. The normalized spacial score (nSPS) is 24.3. The van der Waals surface area contributed by atoms with Gasteiger partial charge >= 0.3 is 7.82 Å². The summed E-state index contributed by atoms with van der Waals surface area (Å²) in [6.45, 7) is 11.5. The van der Waals surface area contributed by atoms with Gasteiger partial charge in [-0.3, -0.25) is 13.6 Å². The van der Waals surface area contributed by atoms with Crippen molar-refractivity contribution in [1.29, 1.82) is 0 Å². The molecule has 0 radical (unpaired) electrons. The lowest BCUT2D eigenvalue weighted by Gasteiger charge is -2.25. The molecule has 7 heteroatoms. The van der Waals surface area contributed by atoms with Crippen LogP contribution in [0.5, 0.6) is 0 Å². The molecule has 1 fully saturated rings. The highest BCUT2D eigenvalue weighted by Gasteiger charge is 2.40. The van der Waals surface area contributed by atoms with Gasteiger partial charge in [0, 0.05) is 0 Å². The predicted molar refractivity (Wildman–Crippen MR) is 70.8 cm³/mol.